The summed E-state index contributed by atoms with van der Waals surface area (Å²) < 4.78 is 27.5. The van der Waals surface area contributed by atoms with Crippen LogP contribution >= 0.6 is 0 Å². The van der Waals surface area contributed by atoms with Crippen LogP contribution in [0, 0.1) is 19.7 Å². The van der Waals surface area contributed by atoms with Gasteiger partial charge in [-0.15, -0.1) is 10.2 Å². The molecular formula is C24H26FN5O2. The third-order valence-electron chi connectivity index (χ3n) is 5.28. The Hall–Kier alpha value is -3.55. The van der Waals surface area contributed by atoms with E-state index in [1.165, 1.54) is 6.07 Å². The van der Waals surface area contributed by atoms with Crippen molar-refractivity contribution < 1.29 is 13.9 Å². The highest BCUT2D eigenvalue weighted by Gasteiger charge is 2.16. The smallest absolute Gasteiger partial charge is 0.316 e. The molecule has 0 aliphatic heterocycles. The Bertz CT molecular complexity index is 1270. The molecule has 0 amide bonds. The van der Waals surface area contributed by atoms with Gasteiger partial charge in [0.15, 0.2) is 5.65 Å². The van der Waals surface area contributed by atoms with Crippen molar-refractivity contribution in [3.8, 4) is 22.9 Å². The number of aryl methyl sites for hydroxylation is 3. The fourth-order valence-corrected chi connectivity index (χ4v) is 3.77. The summed E-state index contributed by atoms with van der Waals surface area (Å²) in [6.07, 6.45) is 4.51. The molecule has 7 nitrogen and oxygen atoms in total. The summed E-state index contributed by atoms with van der Waals surface area (Å²) in [7, 11) is 1.56. The molecule has 0 saturated heterocycles. The van der Waals surface area contributed by atoms with E-state index in [0.29, 0.717) is 35.8 Å². The fourth-order valence-electron chi connectivity index (χ4n) is 3.77. The number of halogens is 1. The first-order valence-electron chi connectivity index (χ1n) is 10.5. The Kier molecular flexibility index (Phi) is 6.03. The lowest BCUT2D eigenvalue weighted by atomic mass is 10.0. The summed E-state index contributed by atoms with van der Waals surface area (Å²) >= 11 is 0. The van der Waals surface area contributed by atoms with Crippen molar-refractivity contribution in [3.05, 3.63) is 65.1 Å². The van der Waals surface area contributed by atoms with Gasteiger partial charge >= 0.3 is 6.01 Å². The molecule has 1 aromatic carbocycles. The predicted molar refractivity (Wildman–Crippen MR) is 120 cm³/mol. The maximum atomic E-state index is 14.6. The molecule has 0 aliphatic carbocycles. The van der Waals surface area contributed by atoms with Gasteiger partial charge in [0.1, 0.15) is 17.9 Å². The first-order chi connectivity index (χ1) is 15.4. The fraction of sp³-hybridized carbons (Fsp3) is 0.333. The molecule has 0 saturated carbocycles. The molecule has 0 aliphatic rings. The van der Waals surface area contributed by atoms with E-state index >= 15 is 0 Å². The third kappa shape index (κ3) is 4.26. The zero-order valence-corrected chi connectivity index (χ0v) is 18.9. The van der Waals surface area contributed by atoms with Gasteiger partial charge in [0.2, 0.25) is 0 Å². The molecule has 3 aromatic heterocycles. The van der Waals surface area contributed by atoms with Crippen molar-refractivity contribution in [1.29, 1.82) is 0 Å². The molecule has 4 rings (SSSR count). The monoisotopic (exact) mass is 435 g/mol. The van der Waals surface area contributed by atoms with Crippen molar-refractivity contribution in [2.24, 2.45) is 0 Å². The quantitative estimate of drug-likeness (QED) is 0.425. The first kappa shape index (κ1) is 21.7. The molecule has 0 fully saturated rings. The topological polar surface area (TPSA) is 74.4 Å². The third-order valence-corrected chi connectivity index (χ3v) is 5.28. The van der Waals surface area contributed by atoms with E-state index in [4.69, 9.17) is 9.47 Å². The summed E-state index contributed by atoms with van der Waals surface area (Å²) in [4.78, 5) is 8.80. The number of ether oxygens (including phenoxy) is 2. The van der Waals surface area contributed by atoms with Crippen LogP contribution in [0.5, 0.6) is 11.8 Å². The van der Waals surface area contributed by atoms with Crippen LogP contribution < -0.4 is 9.47 Å². The number of aromatic nitrogens is 5. The van der Waals surface area contributed by atoms with E-state index in [1.54, 1.807) is 19.6 Å². The average Bonchev–Trinajstić information content (AvgIpc) is 3.23. The number of nitrogens with zero attached hydrogens (tertiary/aromatic N) is 5. The van der Waals surface area contributed by atoms with Gasteiger partial charge in [0.25, 0.3) is 0 Å². The van der Waals surface area contributed by atoms with Gasteiger partial charge in [0, 0.05) is 28.6 Å². The van der Waals surface area contributed by atoms with Crippen LogP contribution in [0.2, 0.25) is 0 Å². The summed E-state index contributed by atoms with van der Waals surface area (Å²) in [5.41, 5.74) is 5.58. The van der Waals surface area contributed by atoms with Crippen LogP contribution in [-0.2, 0) is 12.8 Å². The Morgan fingerprint density at radius 1 is 1.09 bits per heavy atom. The van der Waals surface area contributed by atoms with Gasteiger partial charge in [-0.1, -0.05) is 0 Å². The van der Waals surface area contributed by atoms with Crippen molar-refractivity contribution in [2.45, 2.75) is 46.6 Å². The number of pyridine rings is 1. The number of benzene rings is 1. The number of hydrogen-bond donors (Lipinski definition) is 0. The highest BCUT2D eigenvalue weighted by molar-refractivity contribution is 5.78. The minimum Gasteiger partial charge on any atom is -0.496 e. The second-order valence-corrected chi connectivity index (χ2v) is 8.01. The molecule has 0 unspecified atom stereocenters. The van der Waals surface area contributed by atoms with Gasteiger partial charge < -0.3 is 9.47 Å². The highest BCUT2D eigenvalue weighted by atomic mass is 19.1. The lowest BCUT2D eigenvalue weighted by molar-refractivity contribution is 0.221. The lowest BCUT2D eigenvalue weighted by Crippen LogP contribution is -2.09. The average molecular weight is 436 g/mol. The highest BCUT2D eigenvalue weighted by Crippen LogP contribution is 2.29. The standard InChI is InChI=1S/C24H26FN5O2/c1-14(2)32-24-26-12-20(16(4)28-24)18-8-6-17(30-13-27-29-23(18)30)7-9-19-21(25)10-15(3)11-22(19)31-5/h6,8,10-14H,7,9H2,1-5H3. The molecule has 4 aromatic rings. The van der Waals surface area contributed by atoms with E-state index < -0.39 is 0 Å². The largest absolute Gasteiger partial charge is 0.496 e. The lowest BCUT2D eigenvalue weighted by Gasteiger charge is -2.13. The van der Waals surface area contributed by atoms with E-state index in [-0.39, 0.29) is 11.9 Å². The number of rotatable bonds is 7. The number of hydrogen-bond acceptors (Lipinski definition) is 6. The summed E-state index contributed by atoms with van der Waals surface area (Å²) in [6, 6.07) is 7.72. The molecule has 0 N–H and O–H groups in total. The Balaban J connectivity index is 1.66. The minimum atomic E-state index is -0.255. The number of fused-ring (bicyclic) bond motifs is 1. The van der Waals surface area contributed by atoms with Crippen LogP contribution in [0.3, 0.4) is 0 Å². The van der Waals surface area contributed by atoms with Crippen molar-refractivity contribution in [1.82, 2.24) is 24.6 Å². The molecular weight excluding hydrogens is 409 g/mol. The predicted octanol–water partition coefficient (Wildman–Crippen LogP) is 4.52. The Morgan fingerprint density at radius 2 is 1.91 bits per heavy atom. The van der Waals surface area contributed by atoms with Crippen molar-refractivity contribution >= 4 is 5.65 Å². The molecule has 0 radical (unpaired) electrons. The maximum absolute atomic E-state index is 14.6. The normalized spacial score (nSPS) is 11.3. The summed E-state index contributed by atoms with van der Waals surface area (Å²) in [6.45, 7) is 7.63. The molecule has 0 atom stereocenters. The van der Waals surface area contributed by atoms with Gasteiger partial charge in [-0.2, -0.15) is 4.98 Å². The SMILES string of the molecule is COc1cc(C)cc(F)c1CCc1ccc(-c2cnc(OC(C)C)nc2C)c2nncn12. The maximum Gasteiger partial charge on any atom is 0.316 e. The minimum absolute atomic E-state index is 0.000253. The van der Waals surface area contributed by atoms with Gasteiger partial charge in [-0.05, 0) is 70.4 Å². The van der Waals surface area contributed by atoms with Crippen LogP contribution in [0.25, 0.3) is 16.8 Å². The second-order valence-electron chi connectivity index (χ2n) is 8.01. The zero-order chi connectivity index (χ0) is 22.8. The van der Waals surface area contributed by atoms with Crippen LogP contribution in [0.1, 0.15) is 36.4 Å². The zero-order valence-electron chi connectivity index (χ0n) is 18.9. The van der Waals surface area contributed by atoms with E-state index in [0.717, 1.165) is 28.1 Å². The van der Waals surface area contributed by atoms with Gasteiger partial charge in [-0.3, -0.25) is 4.40 Å². The van der Waals surface area contributed by atoms with Gasteiger partial charge in [-0.25, -0.2) is 9.37 Å². The van der Waals surface area contributed by atoms with E-state index in [1.807, 2.05) is 50.3 Å². The first-order valence-corrected chi connectivity index (χ1v) is 10.5. The van der Waals surface area contributed by atoms with Crippen molar-refractivity contribution in [2.75, 3.05) is 7.11 Å². The van der Waals surface area contributed by atoms with E-state index in [9.17, 15) is 4.39 Å². The van der Waals surface area contributed by atoms with E-state index in [2.05, 4.69) is 20.2 Å². The molecule has 32 heavy (non-hydrogen) atoms. The Labute approximate surface area is 186 Å². The number of methoxy groups -OCH3 is 1. The Morgan fingerprint density at radius 3 is 2.62 bits per heavy atom. The summed E-state index contributed by atoms with van der Waals surface area (Å²) in [5, 5.41) is 8.41. The van der Waals surface area contributed by atoms with Crippen LogP contribution in [0.4, 0.5) is 4.39 Å². The van der Waals surface area contributed by atoms with Crippen LogP contribution in [0.15, 0.2) is 36.8 Å². The molecule has 8 heteroatoms. The van der Waals surface area contributed by atoms with Gasteiger partial charge in [0.05, 0.1) is 18.9 Å². The molecule has 3 heterocycles. The molecule has 0 bridgehead atoms. The second kappa shape index (κ2) is 8.90. The molecule has 166 valence electrons. The molecule has 0 spiro atoms. The van der Waals surface area contributed by atoms with Crippen LogP contribution in [-0.4, -0.2) is 37.8 Å². The summed E-state index contributed by atoms with van der Waals surface area (Å²) in [5.74, 6) is 0.311. The van der Waals surface area contributed by atoms with Crippen molar-refractivity contribution in [3.63, 3.8) is 0 Å².